The number of rotatable bonds is 13. The van der Waals surface area contributed by atoms with Crippen LogP contribution in [0.3, 0.4) is 0 Å². The van der Waals surface area contributed by atoms with E-state index in [2.05, 4.69) is 69.9 Å². The molecule has 4 aromatic rings. The second-order valence-corrected chi connectivity index (χ2v) is 9.00. The topological polar surface area (TPSA) is 94.3 Å². The number of nitrogens with zero attached hydrogens (tertiary/aromatic N) is 6. The maximum Gasteiger partial charge on any atom is 0.346 e. The molecule has 2 aromatic heterocycles. The van der Waals surface area contributed by atoms with Crippen molar-refractivity contribution in [1.29, 1.82) is 0 Å². The first-order valence-corrected chi connectivity index (χ1v) is 12.8. The number of unbranched alkanes of at least 4 members (excludes halogenated alkanes) is 5. The van der Waals surface area contributed by atoms with Crippen molar-refractivity contribution in [2.45, 2.75) is 78.3 Å². The lowest BCUT2D eigenvalue weighted by molar-refractivity contribution is 0.510. The van der Waals surface area contributed by atoms with Crippen LogP contribution in [-0.4, -0.2) is 35.0 Å². The zero-order chi connectivity index (χ0) is 24.5. The van der Waals surface area contributed by atoms with Gasteiger partial charge < -0.3 is 0 Å². The van der Waals surface area contributed by atoms with Gasteiger partial charge in [-0.15, -0.1) is 10.2 Å². The van der Waals surface area contributed by atoms with E-state index in [0.717, 1.165) is 53.8 Å². The lowest BCUT2D eigenvalue weighted by Gasteiger charge is -2.09. The standard InChI is InChI=1S/C27H35N7O/c1-3-5-6-7-8-11-19-34-27(35)33(25(30-34)12-4-2)20-21-15-17-22(18-16-21)23-13-9-10-14-24(23)26-28-31-32-29-26/h9-10,13-18H,3-8,11-12,19-20H2,1-2H3,(H,28,29,31,32). The van der Waals surface area contributed by atoms with E-state index in [-0.39, 0.29) is 5.69 Å². The molecule has 184 valence electrons. The van der Waals surface area contributed by atoms with Crippen LogP contribution >= 0.6 is 0 Å². The van der Waals surface area contributed by atoms with Gasteiger partial charge in [-0.2, -0.15) is 10.3 Å². The quantitative estimate of drug-likeness (QED) is 0.268. The predicted octanol–water partition coefficient (Wildman–Crippen LogP) is 5.25. The first-order valence-electron chi connectivity index (χ1n) is 12.8. The smallest absolute Gasteiger partial charge is 0.274 e. The molecule has 2 aromatic carbocycles. The van der Waals surface area contributed by atoms with Gasteiger partial charge in [0, 0.05) is 18.5 Å². The number of hydrogen-bond donors (Lipinski definition) is 1. The number of nitrogens with one attached hydrogen (secondary N) is 1. The minimum atomic E-state index is -0.00598. The van der Waals surface area contributed by atoms with E-state index in [1.54, 1.807) is 4.68 Å². The van der Waals surface area contributed by atoms with Crippen LogP contribution in [0.4, 0.5) is 0 Å². The molecular formula is C27H35N7O. The number of hydrogen-bond acceptors (Lipinski definition) is 5. The van der Waals surface area contributed by atoms with Crippen molar-refractivity contribution in [2.24, 2.45) is 0 Å². The summed E-state index contributed by atoms with van der Waals surface area (Å²) in [5.74, 6) is 1.44. The Labute approximate surface area is 206 Å². The third-order valence-corrected chi connectivity index (χ3v) is 6.32. The Morgan fingerprint density at radius 2 is 1.60 bits per heavy atom. The average molecular weight is 474 g/mol. The minimum absolute atomic E-state index is 0.00598. The molecular weight excluding hydrogens is 438 g/mol. The van der Waals surface area contributed by atoms with Crippen molar-refractivity contribution in [3.05, 3.63) is 70.4 Å². The summed E-state index contributed by atoms with van der Waals surface area (Å²) < 4.78 is 3.50. The summed E-state index contributed by atoms with van der Waals surface area (Å²) in [7, 11) is 0. The normalized spacial score (nSPS) is 11.3. The van der Waals surface area contributed by atoms with Crippen LogP contribution in [0.2, 0.25) is 0 Å². The summed E-state index contributed by atoms with van der Waals surface area (Å²) >= 11 is 0. The molecule has 0 spiro atoms. The molecule has 0 aliphatic carbocycles. The molecule has 2 heterocycles. The van der Waals surface area contributed by atoms with Crippen molar-refractivity contribution in [3.8, 4) is 22.5 Å². The van der Waals surface area contributed by atoms with Crippen LogP contribution in [0, 0.1) is 0 Å². The summed E-state index contributed by atoms with van der Waals surface area (Å²) in [5, 5.41) is 19.1. The number of aryl methyl sites for hydroxylation is 2. The summed E-state index contributed by atoms with van der Waals surface area (Å²) in [6, 6.07) is 16.3. The van der Waals surface area contributed by atoms with Gasteiger partial charge in [0.05, 0.1) is 6.54 Å². The molecule has 0 aliphatic heterocycles. The minimum Gasteiger partial charge on any atom is -0.274 e. The highest BCUT2D eigenvalue weighted by Crippen LogP contribution is 2.29. The molecule has 8 nitrogen and oxygen atoms in total. The third-order valence-electron chi connectivity index (χ3n) is 6.32. The fraction of sp³-hybridized carbons (Fsp3) is 0.444. The molecule has 0 radical (unpaired) electrons. The van der Waals surface area contributed by atoms with Gasteiger partial charge in [0.1, 0.15) is 5.82 Å². The van der Waals surface area contributed by atoms with Crippen LogP contribution in [-0.2, 0) is 19.5 Å². The Morgan fingerprint density at radius 3 is 2.31 bits per heavy atom. The van der Waals surface area contributed by atoms with E-state index < -0.39 is 0 Å². The summed E-state index contributed by atoms with van der Waals surface area (Å²) in [6.07, 6.45) is 8.95. The fourth-order valence-electron chi connectivity index (χ4n) is 4.42. The van der Waals surface area contributed by atoms with Crippen molar-refractivity contribution < 1.29 is 0 Å². The fourth-order valence-corrected chi connectivity index (χ4v) is 4.42. The largest absolute Gasteiger partial charge is 0.346 e. The van der Waals surface area contributed by atoms with Crippen molar-refractivity contribution >= 4 is 0 Å². The molecule has 0 saturated heterocycles. The Morgan fingerprint density at radius 1 is 0.857 bits per heavy atom. The Bertz CT molecular complexity index is 1240. The molecule has 1 N–H and O–H groups in total. The van der Waals surface area contributed by atoms with E-state index in [0.29, 0.717) is 18.9 Å². The lowest BCUT2D eigenvalue weighted by Crippen LogP contribution is -2.26. The van der Waals surface area contributed by atoms with Crippen molar-refractivity contribution in [3.63, 3.8) is 0 Å². The van der Waals surface area contributed by atoms with Gasteiger partial charge in [-0.3, -0.25) is 4.57 Å². The molecule has 0 fully saturated rings. The monoisotopic (exact) mass is 473 g/mol. The van der Waals surface area contributed by atoms with E-state index in [9.17, 15) is 4.79 Å². The highest BCUT2D eigenvalue weighted by molar-refractivity contribution is 5.80. The maximum absolute atomic E-state index is 13.1. The molecule has 8 heteroatoms. The summed E-state index contributed by atoms with van der Waals surface area (Å²) in [6.45, 7) is 5.57. The predicted molar refractivity (Wildman–Crippen MR) is 138 cm³/mol. The zero-order valence-corrected chi connectivity index (χ0v) is 20.8. The molecule has 0 bridgehead atoms. The molecule has 0 amide bonds. The SMILES string of the molecule is CCCCCCCCn1nc(CCC)n(Cc2ccc(-c3ccccc3-c3nn[nH]n3)cc2)c1=O. The first-order chi connectivity index (χ1) is 17.2. The van der Waals surface area contributed by atoms with E-state index in [1.165, 1.54) is 25.7 Å². The number of tetrazole rings is 1. The van der Waals surface area contributed by atoms with Gasteiger partial charge in [0.15, 0.2) is 0 Å². The Kier molecular flexibility index (Phi) is 8.59. The van der Waals surface area contributed by atoms with Gasteiger partial charge >= 0.3 is 5.69 Å². The summed E-state index contributed by atoms with van der Waals surface area (Å²) in [4.78, 5) is 13.1. The van der Waals surface area contributed by atoms with E-state index >= 15 is 0 Å². The van der Waals surface area contributed by atoms with Gasteiger partial charge in [0.2, 0.25) is 5.82 Å². The van der Waals surface area contributed by atoms with Crippen LogP contribution < -0.4 is 5.69 Å². The van der Waals surface area contributed by atoms with Gasteiger partial charge in [-0.25, -0.2) is 9.48 Å². The number of H-pyrrole nitrogens is 1. The van der Waals surface area contributed by atoms with Crippen LogP contribution in [0.5, 0.6) is 0 Å². The van der Waals surface area contributed by atoms with Gasteiger partial charge in [0.25, 0.3) is 0 Å². The van der Waals surface area contributed by atoms with Crippen molar-refractivity contribution in [2.75, 3.05) is 0 Å². The number of aromatic nitrogens is 7. The van der Waals surface area contributed by atoms with Crippen LogP contribution in [0.15, 0.2) is 53.3 Å². The molecule has 0 saturated carbocycles. The highest BCUT2D eigenvalue weighted by atomic mass is 16.2. The number of benzene rings is 2. The lowest BCUT2D eigenvalue weighted by atomic mass is 9.98. The van der Waals surface area contributed by atoms with Crippen molar-refractivity contribution in [1.82, 2.24) is 35.0 Å². The second-order valence-electron chi connectivity index (χ2n) is 9.00. The van der Waals surface area contributed by atoms with Gasteiger partial charge in [-0.1, -0.05) is 94.5 Å². The molecule has 0 aliphatic rings. The second kappa shape index (κ2) is 12.2. The zero-order valence-electron chi connectivity index (χ0n) is 20.8. The third kappa shape index (κ3) is 6.12. The number of aromatic amines is 1. The molecule has 0 unspecified atom stereocenters. The summed E-state index contributed by atoms with van der Waals surface area (Å²) in [5.41, 5.74) is 4.09. The van der Waals surface area contributed by atoms with Gasteiger partial charge in [-0.05, 0) is 34.7 Å². The Hall–Kier alpha value is -3.55. The maximum atomic E-state index is 13.1. The molecule has 4 rings (SSSR count). The van der Waals surface area contributed by atoms with Crippen LogP contribution in [0.25, 0.3) is 22.5 Å². The molecule has 35 heavy (non-hydrogen) atoms. The van der Waals surface area contributed by atoms with E-state index in [4.69, 9.17) is 0 Å². The molecule has 0 atom stereocenters. The van der Waals surface area contributed by atoms with E-state index in [1.807, 2.05) is 22.8 Å². The Balaban J connectivity index is 1.49. The van der Waals surface area contributed by atoms with Crippen LogP contribution in [0.1, 0.15) is 70.2 Å². The highest BCUT2D eigenvalue weighted by Gasteiger charge is 2.14. The average Bonchev–Trinajstić information content (AvgIpc) is 3.52. The first kappa shape index (κ1) is 24.6.